The van der Waals surface area contributed by atoms with E-state index in [0.29, 0.717) is 24.3 Å². The summed E-state index contributed by atoms with van der Waals surface area (Å²) in [4.78, 5) is 29.3. The van der Waals surface area contributed by atoms with Crippen molar-refractivity contribution in [2.45, 2.75) is 13.0 Å². The van der Waals surface area contributed by atoms with Crippen LogP contribution >= 0.6 is 0 Å². The van der Waals surface area contributed by atoms with Gasteiger partial charge in [-0.2, -0.15) is 0 Å². The number of fused-ring (bicyclic) bond motifs is 1. The molecule has 2 aromatic rings. The van der Waals surface area contributed by atoms with Gasteiger partial charge in [0.25, 0.3) is 5.56 Å². The van der Waals surface area contributed by atoms with E-state index in [-0.39, 0.29) is 0 Å². The van der Waals surface area contributed by atoms with Crippen molar-refractivity contribution >= 4 is 11.2 Å². The average Bonchev–Trinajstić information content (AvgIpc) is 2.67. The maximum atomic E-state index is 11.6. The van der Waals surface area contributed by atoms with Crippen LogP contribution in [0.15, 0.2) is 15.9 Å². The van der Waals surface area contributed by atoms with Gasteiger partial charge in [0.15, 0.2) is 11.2 Å². The minimum Gasteiger partial charge on any atom is -0.330 e. The highest BCUT2D eigenvalue weighted by molar-refractivity contribution is 5.69. The molecule has 2 heterocycles. The molecule has 2 aromatic heterocycles. The molecular weight excluding hydrogens is 210 g/mol. The fraction of sp³-hybridized carbons (Fsp3) is 0.444. The van der Waals surface area contributed by atoms with E-state index in [1.807, 2.05) is 0 Å². The summed E-state index contributed by atoms with van der Waals surface area (Å²) in [5.41, 5.74) is 5.35. The van der Waals surface area contributed by atoms with Crippen LogP contribution in [-0.4, -0.2) is 25.6 Å². The van der Waals surface area contributed by atoms with Crippen LogP contribution in [0.5, 0.6) is 0 Å². The smallest absolute Gasteiger partial charge is 0.329 e. The number of hydrogen-bond donors (Lipinski definition) is 2. The molecule has 0 unspecified atom stereocenters. The Morgan fingerprint density at radius 3 is 2.94 bits per heavy atom. The van der Waals surface area contributed by atoms with E-state index in [9.17, 15) is 9.59 Å². The lowest BCUT2D eigenvalue weighted by atomic mass is 10.4. The summed E-state index contributed by atoms with van der Waals surface area (Å²) >= 11 is 0. The van der Waals surface area contributed by atoms with Crippen molar-refractivity contribution in [1.82, 2.24) is 19.1 Å². The maximum absolute atomic E-state index is 11.6. The molecular formula is C9H13N5O2. The lowest BCUT2D eigenvalue weighted by Crippen LogP contribution is -2.29. The van der Waals surface area contributed by atoms with E-state index in [1.165, 1.54) is 4.57 Å². The molecule has 0 fully saturated rings. The molecule has 0 bridgehead atoms. The van der Waals surface area contributed by atoms with Gasteiger partial charge >= 0.3 is 5.69 Å². The van der Waals surface area contributed by atoms with E-state index < -0.39 is 11.2 Å². The molecule has 0 spiro atoms. The van der Waals surface area contributed by atoms with Crippen LogP contribution in [0.3, 0.4) is 0 Å². The third kappa shape index (κ3) is 1.54. The number of H-pyrrole nitrogens is 1. The van der Waals surface area contributed by atoms with Gasteiger partial charge < -0.3 is 10.3 Å². The summed E-state index contributed by atoms with van der Waals surface area (Å²) < 4.78 is 3.02. The minimum atomic E-state index is -0.457. The van der Waals surface area contributed by atoms with Gasteiger partial charge in [-0.05, 0) is 13.0 Å². The number of aromatic nitrogens is 4. The Hall–Kier alpha value is -1.89. The zero-order valence-electron chi connectivity index (χ0n) is 8.93. The zero-order valence-corrected chi connectivity index (χ0v) is 8.93. The Morgan fingerprint density at radius 1 is 1.50 bits per heavy atom. The molecule has 0 aromatic carbocycles. The highest BCUT2D eigenvalue weighted by Gasteiger charge is 2.10. The molecule has 7 nitrogen and oxygen atoms in total. The number of aromatic amines is 1. The molecule has 0 atom stereocenters. The largest absolute Gasteiger partial charge is 0.330 e. The highest BCUT2D eigenvalue weighted by atomic mass is 16.2. The molecule has 2 rings (SSSR count). The molecule has 16 heavy (non-hydrogen) atoms. The number of nitrogens with one attached hydrogen (secondary N) is 1. The Kier molecular flexibility index (Phi) is 2.61. The summed E-state index contributed by atoms with van der Waals surface area (Å²) in [5, 5.41) is 0. The molecule has 0 saturated carbocycles. The molecule has 0 aliphatic carbocycles. The van der Waals surface area contributed by atoms with Crippen LogP contribution in [0.1, 0.15) is 6.42 Å². The average molecular weight is 223 g/mol. The second-order valence-electron chi connectivity index (χ2n) is 3.57. The van der Waals surface area contributed by atoms with Gasteiger partial charge in [0, 0.05) is 13.6 Å². The first-order chi connectivity index (χ1) is 7.65. The van der Waals surface area contributed by atoms with E-state index in [2.05, 4.69) is 9.97 Å². The quantitative estimate of drug-likeness (QED) is 0.680. The second kappa shape index (κ2) is 3.93. The zero-order chi connectivity index (χ0) is 11.7. The SMILES string of the molecule is Cn1c(=O)[nH]c(=O)c2c1ncn2CCCN. The summed E-state index contributed by atoms with van der Waals surface area (Å²) in [6.45, 7) is 1.16. The monoisotopic (exact) mass is 223 g/mol. The van der Waals surface area contributed by atoms with Gasteiger partial charge in [0.2, 0.25) is 0 Å². The Morgan fingerprint density at radius 2 is 2.25 bits per heavy atom. The van der Waals surface area contributed by atoms with Gasteiger partial charge in [-0.15, -0.1) is 0 Å². The van der Waals surface area contributed by atoms with Crippen LogP contribution < -0.4 is 17.0 Å². The van der Waals surface area contributed by atoms with Crippen LogP contribution in [0.4, 0.5) is 0 Å². The van der Waals surface area contributed by atoms with Crippen molar-refractivity contribution < 1.29 is 0 Å². The van der Waals surface area contributed by atoms with Gasteiger partial charge in [0.05, 0.1) is 6.33 Å². The number of hydrogen-bond acceptors (Lipinski definition) is 4. The van der Waals surface area contributed by atoms with E-state index in [4.69, 9.17) is 5.73 Å². The first-order valence-electron chi connectivity index (χ1n) is 4.99. The second-order valence-corrected chi connectivity index (χ2v) is 3.57. The Labute approximate surface area is 90.5 Å². The van der Waals surface area contributed by atoms with Gasteiger partial charge in [-0.3, -0.25) is 14.3 Å². The van der Waals surface area contributed by atoms with Crippen molar-refractivity contribution in [3.8, 4) is 0 Å². The van der Waals surface area contributed by atoms with Gasteiger partial charge in [-0.1, -0.05) is 0 Å². The normalized spacial score (nSPS) is 11.1. The number of aryl methyl sites for hydroxylation is 2. The van der Waals surface area contributed by atoms with E-state index >= 15 is 0 Å². The Bertz CT molecular complexity index is 621. The van der Waals surface area contributed by atoms with Crippen molar-refractivity contribution in [1.29, 1.82) is 0 Å². The van der Waals surface area contributed by atoms with Crippen LogP contribution in [0, 0.1) is 0 Å². The number of nitrogens with zero attached hydrogens (tertiary/aromatic N) is 3. The standard InChI is InChI=1S/C9H13N5O2/c1-13-7-6(8(15)12-9(13)16)14(5-11-7)4-2-3-10/h5H,2-4,10H2,1H3,(H,12,15,16). The lowest BCUT2D eigenvalue weighted by molar-refractivity contribution is 0.663. The van der Waals surface area contributed by atoms with E-state index in [1.54, 1.807) is 17.9 Å². The van der Waals surface area contributed by atoms with Crippen molar-refractivity contribution in [3.05, 3.63) is 27.2 Å². The summed E-state index contributed by atoms with van der Waals surface area (Å²) in [7, 11) is 1.57. The number of rotatable bonds is 3. The highest BCUT2D eigenvalue weighted by Crippen LogP contribution is 2.04. The van der Waals surface area contributed by atoms with Gasteiger partial charge in [-0.25, -0.2) is 9.78 Å². The molecule has 0 radical (unpaired) electrons. The minimum absolute atomic E-state index is 0.394. The van der Waals surface area contributed by atoms with E-state index in [0.717, 1.165) is 6.42 Å². The summed E-state index contributed by atoms with van der Waals surface area (Å²) in [6.07, 6.45) is 2.31. The van der Waals surface area contributed by atoms with Crippen LogP contribution in [-0.2, 0) is 13.6 Å². The molecule has 0 amide bonds. The van der Waals surface area contributed by atoms with Crippen LogP contribution in [0.2, 0.25) is 0 Å². The fourth-order valence-corrected chi connectivity index (χ4v) is 1.62. The molecule has 0 aliphatic rings. The third-order valence-corrected chi connectivity index (χ3v) is 2.48. The van der Waals surface area contributed by atoms with Crippen LogP contribution in [0.25, 0.3) is 11.2 Å². The van der Waals surface area contributed by atoms with Gasteiger partial charge in [0.1, 0.15) is 0 Å². The molecule has 86 valence electrons. The molecule has 7 heteroatoms. The fourth-order valence-electron chi connectivity index (χ4n) is 1.62. The summed E-state index contributed by atoms with van der Waals surface area (Å²) in [6, 6.07) is 0. The van der Waals surface area contributed by atoms with Crippen molar-refractivity contribution in [2.75, 3.05) is 6.54 Å². The van der Waals surface area contributed by atoms with Crippen molar-refractivity contribution in [3.63, 3.8) is 0 Å². The molecule has 0 aliphatic heterocycles. The predicted molar refractivity (Wildman–Crippen MR) is 59.3 cm³/mol. The topological polar surface area (TPSA) is 98.7 Å². The first-order valence-corrected chi connectivity index (χ1v) is 4.99. The lowest BCUT2D eigenvalue weighted by Gasteiger charge is -2.02. The summed E-state index contributed by atoms with van der Waals surface area (Å²) in [5.74, 6) is 0. The maximum Gasteiger partial charge on any atom is 0.329 e. The third-order valence-electron chi connectivity index (χ3n) is 2.48. The Balaban J connectivity index is 2.68. The number of imidazole rings is 1. The van der Waals surface area contributed by atoms with Crippen molar-refractivity contribution in [2.24, 2.45) is 12.8 Å². The number of nitrogens with two attached hydrogens (primary N) is 1. The predicted octanol–water partition coefficient (Wildman–Crippen LogP) is -1.23. The molecule has 0 saturated heterocycles. The first kappa shape index (κ1) is 10.6. The molecule has 3 N–H and O–H groups in total.